The van der Waals surface area contributed by atoms with E-state index in [1.807, 2.05) is 61.5 Å². The molecule has 3 nitrogen and oxygen atoms in total. The molecule has 0 aliphatic carbocycles. The lowest BCUT2D eigenvalue weighted by molar-refractivity contribution is 0.464. The summed E-state index contributed by atoms with van der Waals surface area (Å²) >= 11 is 0. The number of nitrogen functional groups attached to an aromatic ring is 1. The van der Waals surface area contributed by atoms with E-state index in [-0.39, 0.29) is 0 Å². The number of hydrogen-bond acceptors (Lipinski definition) is 3. The molecular formula is C16H14N2O. The number of aromatic nitrogens is 1. The Morgan fingerprint density at radius 1 is 0.947 bits per heavy atom. The molecule has 0 aliphatic rings. The van der Waals surface area contributed by atoms with E-state index >= 15 is 0 Å². The Labute approximate surface area is 111 Å². The SMILES string of the molecule is Cc1cccc(N)c1Oc1ccc2ccccc2n1. The lowest BCUT2D eigenvalue weighted by Crippen LogP contribution is -1.95. The van der Waals surface area contributed by atoms with Gasteiger partial charge in [-0.15, -0.1) is 0 Å². The minimum Gasteiger partial charge on any atom is -0.437 e. The quantitative estimate of drug-likeness (QED) is 0.701. The van der Waals surface area contributed by atoms with Crippen molar-refractivity contribution in [2.24, 2.45) is 0 Å². The first-order valence-corrected chi connectivity index (χ1v) is 6.13. The van der Waals surface area contributed by atoms with Gasteiger partial charge in [0, 0.05) is 11.5 Å². The van der Waals surface area contributed by atoms with Gasteiger partial charge in [-0.25, -0.2) is 4.98 Å². The van der Waals surface area contributed by atoms with Crippen molar-refractivity contribution >= 4 is 16.6 Å². The molecule has 0 amide bonds. The normalized spacial score (nSPS) is 10.6. The summed E-state index contributed by atoms with van der Waals surface area (Å²) < 4.78 is 5.81. The molecule has 0 atom stereocenters. The first-order chi connectivity index (χ1) is 9.24. The lowest BCUT2D eigenvalue weighted by Gasteiger charge is -2.10. The van der Waals surface area contributed by atoms with Crippen LogP contribution in [-0.4, -0.2) is 4.98 Å². The average molecular weight is 250 g/mol. The van der Waals surface area contributed by atoms with Crippen molar-refractivity contribution in [3.05, 3.63) is 60.2 Å². The summed E-state index contributed by atoms with van der Waals surface area (Å²) in [7, 11) is 0. The van der Waals surface area contributed by atoms with E-state index in [0.717, 1.165) is 16.5 Å². The van der Waals surface area contributed by atoms with Gasteiger partial charge in [0.2, 0.25) is 5.88 Å². The van der Waals surface area contributed by atoms with Crippen molar-refractivity contribution in [3.8, 4) is 11.6 Å². The van der Waals surface area contributed by atoms with Crippen LogP contribution in [0.2, 0.25) is 0 Å². The Hall–Kier alpha value is -2.55. The minimum absolute atomic E-state index is 0.555. The third kappa shape index (κ3) is 2.22. The van der Waals surface area contributed by atoms with Crippen LogP contribution in [0.25, 0.3) is 10.9 Å². The Bertz CT molecular complexity index is 717. The molecule has 1 aromatic heterocycles. The molecule has 0 fully saturated rings. The van der Waals surface area contributed by atoms with E-state index in [0.29, 0.717) is 17.3 Å². The molecule has 19 heavy (non-hydrogen) atoms. The molecule has 0 saturated heterocycles. The first kappa shape index (κ1) is 11.5. The van der Waals surface area contributed by atoms with Crippen LogP contribution >= 0.6 is 0 Å². The van der Waals surface area contributed by atoms with Crippen molar-refractivity contribution in [1.82, 2.24) is 4.98 Å². The van der Waals surface area contributed by atoms with Crippen molar-refractivity contribution in [1.29, 1.82) is 0 Å². The van der Waals surface area contributed by atoms with Crippen LogP contribution in [0.4, 0.5) is 5.69 Å². The number of rotatable bonds is 2. The third-order valence-corrected chi connectivity index (χ3v) is 3.02. The summed E-state index contributed by atoms with van der Waals surface area (Å²) in [6, 6.07) is 17.5. The van der Waals surface area contributed by atoms with Crippen LogP contribution in [0.3, 0.4) is 0 Å². The highest BCUT2D eigenvalue weighted by atomic mass is 16.5. The monoisotopic (exact) mass is 250 g/mol. The molecule has 0 saturated carbocycles. The van der Waals surface area contributed by atoms with Crippen LogP contribution in [0.5, 0.6) is 11.6 Å². The van der Waals surface area contributed by atoms with Gasteiger partial charge in [0.15, 0.2) is 5.75 Å². The number of para-hydroxylation sites is 2. The summed E-state index contributed by atoms with van der Waals surface area (Å²) in [6.07, 6.45) is 0. The molecule has 94 valence electrons. The van der Waals surface area contributed by atoms with Gasteiger partial charge in [0.25, 0.3) is 0 Å². The predicted octanol–water partition coefficient (Wildman–Crippen LogP) is 3.92. The van der Waals surface area contributed by atoms with Crippen molar-refractivity contribution < 1.29 is 4.74 Å². The second-order valence-corrected chi connectivity index (χ2v) is 4.44. The van der Waals surface area contributed by atoms with Crippen LogP contribution in [0.15, 0.2) is 54.6 Å². The second-order valence-electron chi connectivity index (χ2n) is 4.44. The summed E-state index contributed by atoms with van der Waals surface area (Å²) in [6.45, 7) is 1.97. The Morgan fingerprint density at radius 2 is 1.79 bits per heavy atom. The standard InChI is InChI=1S/C16H14N2O/c1-11-5-4-7-13(17)16(11)19-15-10-9-12-6-2-3-8-14(12)18-15/h2-10H,17H2,1H3. The van der Waals surface area contributed by atoms with E-state index in [1.54, 1.807) is 0 Å². The van der Waals surface area contributed by atoms with Gasteiger partial charge in [0.05, 0.1) is 11.2 Å². The van der Waals surface area contributed by atoms with E-state index < -0.39 is 0 Å². The van der Waals surface area contributed by atoms with Gasteiger partial charge >= 0.3 is 0 Å². The maximum atomic E-state index is 5.93. The van der Waals surface area contributed by atoms with Gasteiger partial charge in [-0.3, -0.25) is 0 Å². The molecule has 3 aromatic rings. The van der Waals surface area contributed by atoms with Crippen LogP contribution in [0, 0.1) is 6.92 Å². The third-order valence-electron chi connectivity index (χ3n) is 3.02. The number of nitrogens with two attached hydrogens (primary N) is 1. The van der Waals surface area contributed by atoms with Crippen LogP contribution < -0.4 is 10.5 Å². The minimum atomic E-state index is 0.555. The van der Waals surface area contributed by atoms with Gasteiger partial charge in [-0.1, -0.05) is 30.3 Å². The fourth-order valence-corrected chi connectivity index (χ4v) is 2.02. The van der Waals surface area contributed by atoms with E-state index in [4.69, 9.17) is 10.5 Å². The zero-order chi connectivity index (χ0) is 13.2. The topological polar surface area (TPSA) is 48.1 Å². The molecule has 2 N–H and O–H groups in total. The second kappa shape index (κ2) is 4.61. The maximum absolute atomic E-state index is 5.93. The molecule has 0 radical (unpaired) electrons. The number of ether oxygens (including phenoxy) is 1. The van der Waals surface area contributed by atoms with Gasteiger partial charge in [-0.05, 0) is 30.7 Å². The maximum Gasteiger partial charge on any atom is 0.219 e. The van der Waals surface area contributed by atoms with Crippen molar-refractivity contribution in [3.63, 3.8) is 0 Å². The lowest BCUT2D eigenvalue weighted by atomic mass is 10.2. The number of aryl methyl sites for hydroxylation is 1. The van der Waals surface area contributed by atoms with Crippen LogP contribution in [0.1, 0.15) is 5.56 Å². The summed E-state index contributed by atoms with van der Waals surface area (Å²) in [5.41, 5.74) is 8.45. The highest BCUT2D eigenvalue weighted by Gasteiger charge is 2.06. The largest absolute Gasteiger partial charge is 0.437 e. The molecule has 1 heterocycles. The predicted molar refractivity (Wildman–Crippen MR) is 77.4 cm³/mol. The van der Waals surface area contributed by atoms with E-state index in [9.17, 15) is 0 Å². The highest BCUT2D eigenvalue weighted by Crippen LogP contribution is 2.30. The highest BCUT2D eigenvalue weighted by molar-refractivity contribution is 5.78. The zero-order valence-electron chi connectivity index (χ0n) is 10.6. The fourth-order valence-electron chi connectivity index (χ4n) is 2.02. The van der Waals surface area contributed by atoms with Gasteiger partial charge in [0.1, 0.15) is 0 Å². The fraction of sp³-hybridized carbons (Fsp3) is 0.0625. The summed E-state index contributed by atoms with van der Waals surface area (Å²) in [5, 5.41) is 1.09. The smallest absolute Gasteiger partial charge is 0.219 e. The van der Waals surface area contributed by atoms with Crippen LogP contribution in [-0.2, 0) is 0 Å². The van der Waals surface area contributed by atoms with Crippen molar-refractivity contribution in [2.45, 2.75) is 6.92 Å². The molecule has 3 heteroatoms. The molecule has 0 aliphatic heterocycles. The summed E-state index contributed by atoms with van der Waals surface area (Å²) in [5.74, 6) is 1.23. The van der Waals surface area contributed by atoms with Gasteiger partial charge in [-0.2, -0.15) is 0 Å². The molecule has 0 spiro atoms. The number of anilines is 1. The molecule has 2 aromatic carbocycles. The molecule has 3 rings (SSSR count). The first-order valence-electron chi connectivity index (χ1n) is 6.13. The Morgan fingerprint density at radius 3 is 2.63 bits per heavy atom. The number of hydrogen-bond donors (Lipinski definition) is 1. The average Bonchev–Trinajstić information content (AvgIpc) is 2.43. The Balaban J connectivity index is 2.01. The Kier molecular flexibility index (Phi) is 2.80. The number of nitrogens with zero attached hydrogens (tertiary/aromatic N) is 1. The number of pyridine rings is 1. The number of fused-ring (bicyclic) bond motifs is 1. The van der Waals surface area contributed by atoms with Crippen molar-refractivity contribution in [2.75, 3.05) is 5.73 Å². The number of benzene rings is 2. The molecule has 0 unspecified atom stereocenters. The van der Waals surface area contributed by atoms with Gasteiger partial charge < -0.3 is 10.5 Å². The van der Waals surface area contributed by atoms with E-state index in [2.05, 4.69) is 4.98 Å². The zero-order valence-corrected chi connectivity index (χ0v) is 10.6. The summed E-state index contributed by atoms with van der Waals surface area (Å²) in [4.78, 5) is 4.47. The molecular weight excluding hydrogens is 236 g/mol. The van der Waals surface area contributed by atoms with E-state index in [1.165, 1.54) is 0 Å². The molecule has 0 bridgehead atoms.